The third-order valence-electron chi connectivity index (χ3n) is 13.9. The second-order valence-corrected chi connectivity index (χ2v) is 20.8. The molecule has 0 unspecified atom stereocenters. The predicted octanol–water partition coefficient (Wildman–Crippen LogP) is 6.02. The number of alkyl halides is 2. The topological polar surface area (TPSA) is 173 Å². The Balaban J connectivity index is 0.824. The molecule has 3 atom stereocenters. The summed E-state index contributed by atoms with van der Waals surface area (Å²) in [5, 5.41) is 7.33. The molecule has 0 aliphatic carbocycles. The number of halogens is 3. The number of fused-ring (bicyclic) bond motifs is 2. The molecule has 16 nitrogen and oxygen atoms in total. The summed E-state index contributed by atoms with van der Waals surface area (Å²) in [7, 11) is -0.567. The molecule has 4 aromatic carbocycles. The van der Waals surface area contributed by atoms with Crippen molar-refractivity contribution in [3.8, 4) is 23.0 Å². The zero-order chi connectivity index (χ0) is 49.9. The normalized spacial score (nSPS) is 21.5. The Labute approximate surface area is 403 Å². The minimum absolute atomic E-state index is 0.0634. The molecule has 4 aliphatic rings. The number of ether oxygens (including phenoxy) is 3. The van der Waals surface area contributed by atoms with Gasteiger partial charge in [-0.05, 0) is 80.3 Å². The molecule has 1 aromatic heterocycles. The molecular weight excluding hydrogens is 932 g/mol. The average molecular weight is 986 g/mol. The fourth-order valence-corrected chi connectivity index (χ4v) is 11.2. The van der Waals surface area contributed by atoms with E-state index in [-0.39, 0.29) is 61.7 Å². The number of methoxy groups -OCH3 is 1. The number of hydrogen-bond donors (Lipinski definition) is 1. The van der Waals surface area contributed by atoms with Gasteiger partial charge in [0, 0.05) is 70.4 Å². The zero-order valence-corrected chi connectivity index (χ0v) is 40.3. The highest BCUT2D eigenvalue weighted by atomic mass is 32.2. The Morgan fingerprint density at radius 2 is 1.66 bits per heavy atom. The van der Waals surface area contributed by atoms with E-state index >= 15 is 13.2 Å². The third kappa shape index (κ3) is 9.19. The minimum Gasteiger partial charge on any atom is -0.493 e. The summed E-state index contributed by atoms with van der Waals surface area (Å²) in [6, 6.07) is 17.1. The molecule has 20 heteroatoms. The fourth-order valence-electron chi connectivity index (χ4n) is 10.3. The number of anilines is 1. The summed E-state index contributed by atoms with van der Waals surface area (Å²) in [6.07, 6.45) is 1.64. The van der Waals surface area contributed by atoms with Crippen LogP contribution in [-0.2, 0) is 38.4 Å². The van der Waals surface area contributed by atoms with Crippen molar-refractivity contribution in [3.63, 3.8) is 0 Å². The minimum atomic E-state index is -3.71. The van der Waals surface area contributed by atoms with Gasteiger partial charge < -0.3 is 19.1 Å². The quantitative estimate of drug-likeness (QED) is 0.128. The van der Waals surface area contributed by atoms with Crippen LogP contribution in [0, 0.1) is 5.82 Å². The van der Waals surface area contributed by atoms with E-state index in [0.29, 0.717) is 71.3 Å². The van der Waals surface area contributed by atoms with Gasteiger partial charge in [0.1, 0.15) is 15.6 Å². The van der Waals surface area contributed by atoms with E-state index in [1.54, 1.807) is 85.3 Å². The van der Waals surface area contributed by atoms with Crippen molar-refractivity contribution in [2.24, 2.45) is 7.05 Å². The lowest BCUT2D eigenvalue weighted by Gasteiger charge is -2.46. The monoisotopic (exact) mass is 985 g/mol. The van der Waals surface area contributed by atoms with Crippen molar-refractivity contribution >= 4 is 50.1 Å². The first-order valence-electron chi connectivity index (χ1n) is 23.1. The van der Waals surface area contributed by atoms with E-state index in [1.165, 1.54) is 30.0 Å². The van der Waals surface area contributed by atoms with Crippen LogP contribution in [0.5, 0.6) is 23.0 Å². The lowest BCUT2D eigenvalue weighted by molar-refractivity contribution is -0.137. The van der Waals surface area contributed by atoms with Gasteiger partial charge in [0.05, 0.1) is 71.5 Å². The Morgan fingerprint density at radius 3 is 2.33 bits per heavy atom. The SMILES string of the molecule is CCOc1cc([C@@H](CS(C)(=O)=O)N2C(=O)c3cccc(N4CCN([C@H]5CCN(Cc6ccc(Oc7cc8c(cc7F)c([C@]7(C)CCC(=O)NC7=O)nn8C)cc6)CC5(F)F)CC4)c3C2=O)ccc1OC. The second kappa shape index (κ2) is 18.7. The van der Waals surface area contributed by atoms with E-state index in [0.717, 1.165) is 16.7 Å². The van der Waals surface area contributed by atoms with Crippen LogP contribution in [0.25, 0.3) is 10.9 Å². The number of aromatic nitrogens is 2. The van der Waals surface area contributed by atoms with Gasteiger partial charge in [-0.3, -0.25) is 43.9 Å². The maximum atomic E-state index is 16.1. The molecule has 0 radical (unpaired) electrons. The number of carbonyl (C=O) groups excluding carboxylic acids is 4. The highest BCUT2D eigenvalue weighted by Gasteiger charge is 2.49. The number of aryl methyl sites for hydroxylation is 1. The fraction of sp³-hybridized carbons (Fsp3) is 0.420. The molecular formula is C50H54F3N7O9S. The van der Waals surface area contributed by atoms with E-state index in [4.69, 9.17) is 14.2 Å². The molecule has 4 amide bonds. The molecule has 370 valence electrons. The van der Waals surface area contributed by atoms with Gasteiger partial charge in [-0.15, -0.1) is 0 Å². The smallest absolute Gasteiger partial charge is 0.275 e. The summed E-state index contributed by atoms with van der Waals surface area (Å²) < 4.78 is 91.9. The van der Waals surface area contributed by atoms with Crippen molar-refractivity contribution < 1.29 is 55.0 Å². The standard InChI is InChI=1S/C50H54F3N7O9S/c1-6-68-41-24-31(12-15-39(41)67-4)38(28-70(5,65)66)60-46(62)33-8-7-9-36(44(33)47(60)63)58-20-22-59(23-21-58)42-17-19-57(29-50(42,52)53)27-30-10-13-32(14-11-30)69-40-26-37-34(25-35(40)51)45(55-56(37)3)49(2)18-16-43(61)54-48(49)64/h7-15,24-26,38,42H,6,16-23,27-29H2,1-5H3,(H,54,61,64)/t38-,42+,49+/m1/s1. The molecule has 3 saturated heterocycles. The molecule has 0 spiro atoms. The average Bonchev–Trinajstić information content (AvgIpc) is 3.78. The molecule has 5 aromatic rings. The summed E-state index contributed by atoms with van der Waals surface area (Å²) >= 11 is 0. The summed E-state index contributed by atoms with van der Waals surface area (Å²) in [5.74, 6) is -5.35. The van der Waals surface area contributed by atoms with Gasteiger partial charge in [0.25, 0.3) is 17.7 Å². The summed E-state index contributed by atoms with van der Waals surface area (Å²) in [4.78, 5) is 59.5. The number of likely N-dealkylation sites (tertiary alicyclic amines) is 1. The first-order chi connectivity index (χ1) is 33.3. The zero-order valence-electron chi connectivity index (χ0n) is 39.5. The Bertz CT molecular complexity index is 3020. The number of sulfone groups is 1. The molecule has 3 fully saturated rings. The molecule has 9 rings (SSSR count). The van der Waals surface area contributed by atoms with Crippen molar-refractivity contribution in [2.45, 2.75) is 63.1 Å². The summed E-state index contributed by atoms with van der Waals surface area (Å²) in [6.45, 7) is 5.17. The van der Waals surface area contributed by atoms with Crippen molar-refractivity contribution in [1.29, 1.82) is 0 Å². The summed E-state index contributed by atoms with van der Waals surface area (Å²) in [5.41, 5.74) is 1.68. The maximum Gasteiger partial charge on any atom is 0.275 e. The first-order valence-corrected chi connectivity index (χ1v) is 25.2. The van der Waals surface area contributed by atoms with E-state index in [1.807, 2.05) is 4.90 Å². The van der Waals surface area contributed by atoms with E-state index in [9.17, 15) is 27.6 Å². The molecule has 5 heterocycles. The number of benzene rings is 4. The molecule has 4 aliphatic heterocycles. The molecule has 1 N–H and O–H groups in total. The van der Waals surface area contributed by atoms with Crippen LogP contribution >= 0.6 is 0 Å². The second-order valence-electron chi connectivity index (χ2n) is 18.7. The van der Waals surface area contributed by atoms with Gasteiger partial charge in [-0.25, -0.2) is 21.6 Å². The van der Waals surface area contributed by atoms with Crippen LogP contribution < -0.4 is 24.4 Å². The third-order valence-corrected chi connectivity index (χ3v) is 14.8. The van der Waals surface area contributed by atoms with Gasteiger partial charge in [-0.1, -0.05) is 24.3 Å². The highest BCUT2D eigenvalue weighted by molar-refractivity contribution is 7.90. The van der Waals surface area contributed by atoms with Crippen LogP contribution in [-0.4, -0.2) is 133 Å². The first kappa shape index (κ1) is 48.5. The lowest BCUT2D eigenvalue weighted by Crippen LogP contribution is -2.61. The van der Waals surface area contributed by atoms with Crippen LogP contribution in [0.4, 0.5) is 18.9 Å². The number of piperazine rings is 1. The van der Waals surface area contributed by atoms with Crippen molar-refractivity contribution in [3.05, 3.63) is 107 Å². The van der Waals surface area contributed by atoms with Crippen LogP contribution in [0.2, 0.25) is 0 Å². The number of imide groups is 2. The molecule has 0 bridgehead atoms. The van der Waals surface area contributed by atoms with E-state index in [2.05, 4.69) is 10.4 Å². The van der Waals surface area contributed by atoms with Crippen molar-refractivity contribution in [2.75, 3.05) is 69.9 Å². The number of amides is 4. The predicted molar refractivity (Wildman–Crippen MR) is 253 cm³/mol. The van der Waals surface area contributed by atoms with Crippen LogP contribution in [0.1, 0.15) is 76.7 Å². The Hall–Kier alpha value is -6.51. The van der Waals surface area contributed by atoms with Gasteiger partial charge >= 0.3 is 0 Å². The van der Waals surface area contributed by atoms with E-state index < -0.39 is 69.1 Å². The lowest BCUT2D eigenvalue weighted by atomic mass is 9.77. The molecule has 70 heavy (non-hydrogen) atoms. The maximum absolute atomic E-state index is 16.1. The number of piperidine rings is 2. The van der Waals surface area contributed by atoms with Crippen molar-refractivity contribution in [1.82, 2.24) is 29.8 Å². The van der Waals surface area contributed by atoms with Crippen LogP contribution in [0.15, 0.2) is 72.8 Å². The number of nitrogens with zero attached hydrogens (tertiary/aromatic N) is 6. The largest absolute Gasteiger partial charge is 0.493 e. The van der Waals surface area contributed by atoms with Gasteiger partial charge in [0.2, 0.25) is 11.8 Å². The van der Waals surface area contributed by atoms with Gasteiger partial charge in [-0.2, -0.15) is 5.10 Å². The van der Waals surface area contributed by atoms with Crippen LogP contribution in [0.3, 0.4) is 0 Å². The van der Waals surface area contributed by atoms with Gasteiger partial charge in [0.15, 0.2) is 23.1 Å². The Kier molecular flexibility index (Phi) is 12.9. The Morgan fingerprint density at radius 1 is 0.914 bits per heavy atom. The molecule has 0 saturated carbocycles. The number of carbonyl (C=O) groups is 4. The number of hydrogen-bond acceptors (Lipinski definition) is 13. The number of nitrogens with one attached hydrogen (secondary N) is 1. The highest BCUT2D eigenvalue weighted by Crippen LogP contribution is 2.42. The number of rotatable bonds is 14.